The van der Waals surface area contributed by atoms with Crippen molar-refractivity contribution in [1.29, 1.82) is 0 Å². The van der Waals surface area contributed by atoms with Crippen LogP contribution in [0.15, 0.2) is 60.8 Å². The van der Waals surface area contributed by atoms with E-state index in [2.05, 4.69) is 74.6 Å². The van der Waals surface area contributed by atoms with Gasteiger partial charge in [0.1, 0.15) is 19.8 Å². The lowest BCUT2D eigenvalue weighted by atomic mass is 10.0. The molecule has 0 fully saturated rings. The van der Waals surface area contributed by atoms with Gasteiger partial charge in [-0.2, -0.15) is 0 Å². The lowest BCUT2D eigenvalue weighted by molar-refractivity contribution is -0.870. The number of hydrogen-bond donors (Lipinski definition) is 1. The Hall–Kier alpha value is -2.29. The highest BCUT2D eigenvalue weighted by molar-refractivity contribution is 7.47. The fourth-order valence-corrected chi connectivity index (χ4v) is 9.80. The summed E-state index contributed by atoms with van der Waals surface area (Å²) in [5, 5.41) is 0. The molecule has 0 amide bonds. The van der Waals surface area contributed by atoms with Crippen molar-refractivity contribution in [3.05, 3.63) is 60.8 Å². The van der Waals surface area contributed by atoms with Gasteiger partial charge < -0.3 is 18.9 Å². The van der Waals surface area contributed by atoms with Gasteiger partial charge in [0.2, 0.25) is 0 Å². The van der Waals surface area contributed by atoms with Crippen molar-refractivity contribution < 1.29 is 42.1 Å². The third-order valence-electron chi connectivity index (χ3n) is 14.0. The number of phosphoric ester groups is 1. The molecule has 0 saturated heterocycles. The van der Waals surface area contributed by atoms with Gasteiger partial charge in [-0.15, -0.1) is 0 Å². The lowest BCUT2D eigenvalue weighted by Crippen LogP contribution is -2.37. The highest BCUT2D eigenvalue weighted by Crippen LogP contribution is 2.43. The Labute approximate surface area is 470 Å². The van der Waals surface area contributed by atoms with E-state index in [9.17, 15) is 19.0 Å². The fourth-order valence-electron chi connectivity index (χ4n) is 9.05. The minimum atomic E-state index is -4.39. The topological polar surface area (TPSA) is 108 Å². The van der Waals surface area contributed by atoms with Gasteiger partial charge >= 0.3 is 19.8 Å². The monoisotopic (exact) mass is 1090 g/mol. The third kappa shape index (κ3) is 60.9. The summed E-state index contributed by atoms with van der Waals surface area (Å²) in [5.41, 5.74) is 0. The van der Waals surface area contributed by atoms with Gasteiger partial charge in [0.15, 0.2) is 6.10 Å². The minimum absolute atomic E-state index is 0.0284. The Balaban J connectivity index is 4.02. The number of nitrogens with zero attached hydrogens (tertiary/aromatic N) is 1. The summed E-state index contributed by atoms with van der Waals surface area (Å²) in [7, 11) is 1.47. The molecule has 1 N–H and O–H groups in total. The highest BCUT2D eigenvalue weighted by Gasteiger charge is 2.27. The largest absolute Gasteiger partial charge is 0.472 e. The molecule has 0 bridgehead atoms. The second-order valence-corrected chi connectivity index (χ2v) is 24.2. The molecule has 0 aliphatic carbocycles. The van der Waals surface area contributed by atoms with E-state index in [1.54, 1.807) is 0 Å². The Kier molecular flexibility index (Phi) is 55.7. The molecule has 10 heteroatoms. The Morgan fingerprint density at radius 2 is 0.711 bits per heavy atom. The number of phosphoric acid groups is 1. The van der Waals surface area contributed by atoms with Crippen LogP contribution in [0.2, 0.25) is 0 Å². The summed E-state index contributed by atoms with van der Waals surface area (Å²) >= 11 is 0. The first-order valence-corrected chi connectivity index (χ1v) is 33.5. The summed E-state index contributed by atoms with van der Waals surface area (Å²) in [6, 6.07) is 0. The van der Waals surface area contributed by atoms with Crippen LogP contribution in [0.3, 0.4) is 0 Å². The number of esters is 2. The molecule has 9 nitrogen and oxygen atoms in total. The first-order valence-electron chi connectivity index (χ1n) is 32.0. The molecule has 444 valence electrons. The first-order chi connectivity index (χ1) is 37.0. The van der Waals surface area contributed by atoms with E-state index in [0.717, 1.165) is 77.0 Å². The van der Waals surface area contributed by atoms with E-state index in [1.807, 2.05) is 21.1 Å². The molecule has 0 spiro atoms. The molecule has 0 heterocycles. The zero-order valence-corrected chi connectivity index (χ0v) is 51.4. The first kappa shape index (κ1) is 73.7. The van der Waals surface area contributed by atoms with E-state index in [-0.39, 0.29) is 32.0 Å². The van der Waals surface area contributed by atoms with Crippen LogP contribution >= 0.6 is 7.82 Å². The summed E-state index contributed by atoms with van der Waals surface area (Å²) in [6.45, 7) is 4.41. The number of ether oxygens (including phenoxy) is 2. The zero-order valence-electron chi connectivity index (χ0n) is 50.5. The Morgan fingerprint density at radius 1 is 0.408 bits per heavy atom. The standard InChI is InChI=1S/C66H122NO8P/c1-6-8-10-12-14-16-18-20-22-24-26-27-28-29-30-31-32-33-34-35-36-37-38-39-41-42-44-46-48-50-52-54-56-58-65(68)72-62-64(63-74-76(70,71)73-61-60-67(3,4)5)75-66(69)59-57-55-53-51-49-47-45-43-40-25-23-21-19-17-15-13-11-9-7-2/h15,17-18,20-21,23-24,26,40,43,64H,6-14,16,19,22,25,27-39,41-42,44-63H2,1-5H3/p+1/b17-15-,20-18-,23-21-,26-24-,43-40-. The second kappa shape index (κ2) is 57.4. The van der Waals surface area contributed by atoms with Crippen LogP contribution in [-0.4, -0.2) is 74.9 Å². The molecule has 0 aromatic heterocycles. The normalized spacial score (nSPS) is 13.6. The second-order valence-electron chi connectivity index (χ2n) is 22.8. The summed E-state index contributed by atoms with van der Waals surface area (Å²) < 4.78 is 34.6. The summed E-state index contributed by atoms with van der Waals surface area (Å²) in [5.74, 6) is -0.802. The van der Waals surface area contributed by atoms with Crippen molar-refractivity contribution >= 4 is 19.8 Å². The number of carbonyl (C=O) groups excluding carboxylic acids is 2. The molecular formula is C66H123NO8P+. The van der Waals surface area contributed by atoms with Crippen molar-refractivity contribution in [3.63, 3.8) is 0 Å². The van der Waals surface area contributed by atoms with Gasteiger partial charge in [-0.25, -0.2) is 4.57 Å². The molecule has 76 heavy (non-hydrogen) atoms. The molecular weight excluding hydrogens is 966 g/mol. The minimum Gasteiger partial charge on any atom is -0.462 e. The maximum Gasteiger partial charge on any atom is 0.472 e. The van der Waals surface area contributed by atoms with Crippen molar-refractivity contribution in [1.82, 2.24) is 0 Å². The summed E-state index contributed by atoms with van der Waals surface area (Å²) in [6.07, 6.45) is 74.5. The highest BCUT2D eigenvalue weighted by atomic mass is 31.2. The van der Waals surface area contributed by atoms with Gasteiger partial charge in [0.05, 0.1) is 27.7 Å². The smallest absolute Gasteiger partial charge is 0.462 e. The van der Waals surface area contributed by atoms with Gasteiger partial charge in [-0.3, -0.25) is 18.6 Å². The third-order valence-corrected chi connectivity index (χ3v) is 15.0. The molecule has 0 saturated carbocycles. The van der Waals surface area contributed by atoms with E-state index in [0.29, 0.717) is 17.4 Å². The number of quaternary nitrogens is 1. The van der Waals surface area contributed by atoms with Gasteiger partial charge in [0, 0.05) is 12.8 Å². The molecule has 0 aromatic rings. The SMILES string of the molecule is CCCCC/C=C\C/C=C\C/C=C\CCCCCCCCC(=O)OC(COC(=O)CCCCCCCCCCCCCCCCCCCCCCC/C=C\C/C=C\CCCCCCC)COP(=O)(O)OCC[N+](C)(C)C. The summed E-state index contributed by atoms with van der Waals surface area (Å²) in [4.78, 5) is 35.7. The Morgan fingerprint density at radius 3 is 1.08 bits per heavy atom. The van der Waals surface area contributed by atoms with Crippen LogP contribution in [0.4, 0.5) is 0 Å². The number of hydrogen-bond acceptors (Lipinski definition) is 7. The van der Waals surface area contributed by atoms with E-state index in [4.69, 9.17) is 18.5 Å². The van der Waals surface area contributed by atoms with Crippen LogP contribution in [0.1, 0.15) is 296 Å². The number of likely N-dealkylation sites (N-methyl/N-ethyl adjacent to an activating group) is 1. The average Bonchev–Trinajstić information content (AvgIpc) is 3.38. The van der Waals surface area contributed by atoms with Crippen LogP contribution in [0.25, 0.3) is 0 Å². The van der Waals surface area contributed by atoms with Crippen molar-refractivity contribution in [2.45, 2.75) is 302 Å². The van der Waals surface area contributed by atoms with Crippen molar-refractivity contribution in [2.75, 3.05) is 47.5 Å². The number of carbonyl (C=O) groups is 2. The molecule has 0 aromatic carbocycles. The van der Waals surface area contributed by atoms with Crippen LogP contribution in [0.5, 0.6) is 0 Å². The molecule has 0 radical (unpaired) electrons. The number of allylic oxidation sites excluding steroid dienone is 10. The molecule has 0 aliphatic heterocycles. The maximum atomic E-state index is 12.8. The quantitative estimate of drug-likeness (QED) is 0.0211. The van der Waals surface area contributed by atoms with Gasteiger partial charge in [-0.1, -0.05) is 261 Å². The zero-order chi connectivity index (χ0) is 55.6. The maximum absolute atomic E-state index is 12.8. The predicted octanol–water partition coefficient (Wildman–Crippen LogP) is 20.3. The van der Waals surface area contributed by atoms with Crippen molar-refractivity contribution in [3.8, 4) is 0 Å². The van der Waals surface area contributed by atoms with Gasteiger partial charge in [0.25, 0.3) is 0 Å². The van der Waals surface area contributed by atoms with Crippen molar-refractivity contribution in [2.24, 2.45) is 0 Å². The molecule has 2 atom stereocenters. The Bertz CT molecular complexity index is 1470. The molecule has 2 unspecified atom stereocenters. The molecule has 0 aliphatic rings. The fraction of sp³-hybridized carbons (Fsp3) is 0.818. The number of rotatable bonds is 59. The van der Waals surface area contributed by atoms with E-state index in [1.165, 1.54) is 186 Å². The van der Waals surface area contributed by atoms with Crippen LogP contribution in [0, 0.1) is 0 Å². The van der Waals surface area contributed by atoms with Gasteiger partial charge in [-0.05, 0) is 83.5 Å². The van der Waals surface area contributed by atoms with Crippen LogP contribution in [-0.2, 0) is 32.7 Å². The van der Waals surface area contributed by atoms with E-state index >= 15 is 0 Å². The van der Waals surface area contributed by atoms with Crippen LogP contribution < -0.4 is 0 Å². The predicted molar refractivity (Wildman–Crippen MR) is 326 cm³/mol. The van der Waals surface area contributed by atoms with E-state index < -0.39 is 26.5 Å². The lowest BCUT2D eigenvalue weighted by Gasteiger charge is -2.24. The average molecular weight is 1090 g/mol. The number of unbranched alkanes of at least 4 members (excludes halogenated alkanes) is 35. The molecule has 0 rings (SSSR count).